The summed E-state index contributed by atoms with van der Waals surface area (Å²) in [6, 6.07) is 0. The molecule has 0 fully saturated rings. The van der Waals surface area contributed by atoms with E-state index in [2.05, 4.69) is 142 Å². The summed E-state index contributed by atoms with van der Waals surface area (Å²) in [5.41, 5.74) is 0. The van der Waals surface area contributed by atoms with Gasteiger partial charge in [0.2, 0.25) is 0 Å². The molecule has 0 heterocycles. The molecule has 0 bridgehead atoms. The molecule has 0 aliphatic carbocycles. The van der Waals surface area contributed by atoms with E-state index in [0.717, 1.165) is 154 Å². The molecular formula is C66H108O6. The van der Waals surface area contributed by atoms with E-state index in [4.69, 9.17) is 14.2 Å². The summed E-state index contributed by atoms with van der Waals surface area (Å²) in [7, 11) is 0. The Labute approximate surface area is 443 Å². The fourth-order valence-electron chi connectivity index (χ4n) is 7.75. The highest BCUT2D eigenvalue weighted by Crippen LogP contribution is 2.14. The molecule has 0 aromatic carbocycles. The van der Waals surface area contributed by atoms with Gasteiger partial charge in [-0.05, 0) is 128 Å². The maximum atomic E-state index is 12.9. The van der Waals surface area contributed by atoms with Crippen LogP contribution in [0.5, 0.6) is 0 Å². The van der Waals surface area contributed by atoms with Crippen LogP contribution < -0.4 is 0 Å². The Morgan fingerprint density at radius 3 is 0.931 bits per heavy atom. The number of allylic oxidation sites excluding steroid dienone is 20. The van der Waals surface area contributed by atoms with Gasteiger partial charge in [0.15, 0.2) is 6.10 Å². The number of hydrogen-bond acceptors (Lipinski definition) is 6. The predicted octanol–water partition coefficient (Wildman–Crippen LogP) is 20.0. The summed E-state index contributed by atoms with van der Waals surface area (Å²) >= 11 is 0. The Balaban J connectivity index is 4.45. The zero-order valence-electron chi connectivity index (χ0n) is 46.7. The van der Waals surface area contributed by atoms with Crippen LogP contribution in [-0.4, -0.2) is 37.2 Å². The van der Waals surface area contributed by atoms with Crippen molar-refractivity contribution in [3.63, 3.8) is 0 Å². The molecule has 0 spiro atoms. The van der Waals surface area contributed by atoms with E-state index < -0.39 is 6.10 Å². The molecule has 1 unspecified atom stereocenters. The van der Waals surface area contributed by atoms with Gasteiger partial charge in [-0.15, -0.1) is 0 Å². The lowest BCUT2D eigenvalue weighted by molar-refractivity contribution is -0.167. The van der Waals surface area contributed by atoms with Gasteiger partial charge < -0.3 is 14.2 Å². The number of hydrogen-bond donors (Lipinski definition) is 0. The first kappa shape index (κ1) is 67.8. The van der Waals surface area contributed by atoms with Gasteiger partial charge in [-0.2, -0.15) is 0 Å². The molecule has 1 atom stereocenters. The fourth-order valence-corrected chi connectivity index (χ4v) is 7.75. The van der Waals surface area contributed by atoms with Crippen LogP contribution in [0, 0.1) is 0 Å². The van der Waals surface area contributed by atoms with E-state index in [-0.39, 0.29) is 31.1 Å². The quantitative estimate of drug-likeness (QED) is 0.0261. The predicted molar refractivity (Wildman–Crippen MR) is 311 cm³/mol. The average molecular weight is 998 g/mol. The maximum absolute atomic E-state index is 12.9. The lowest BCUT2D eigenvalue weighted by atomic mass is 10.1. The van der Waals surface area contributed by atoms with E-state index in [1.54, 1.807) is 0 Å². The van der Waals surface area contributed by atoms with Crippen molar-refractivity contribution in [3.8, 4) is 0 Å². The Morgan fingerprint density at radius 2 is 0.569 bits per heavy atom. The first-order chi connectivity index (χ1) is 35.5. The van der Waals surface area contributed by atoms with Gasteiger partial charge in [-0.3, -0.25) is 14.4 Å². The lowest BCUT2D eigenvalue weighted by Crippen LogP contribution is -2.30. The molecule has 0 rings (SSSR count). The number of unbranched alkanes of at least 4 members (excludes halogenated alkanes) is 21. The summed E-state index contributed by atoms with van der Waals surface area (Å²) in [5.74, 6) is -0.958. The van der Waals surface area contributed by atoms with Crippen molar-refractivity contribution in [2.24, 2.45) is 0 Å². The van der Waals surface area contributed by atoms with E-state index in [9.17, 15) is 14.4 Å². The smallest absolute Gasteiger partial charge is 0.306 e. The zero-order valence-corrected chi connectivity index (χ0v) is 46.7. The maximum Gasteiger partial charge on any atom is 0.306 e. The molecule has 0 aliphatic rings. The summed E-state index contributed by atoms with van der Waals surface area (Å²) < 4.78 is 16.8. The first-order valence-electron chi connectivity index (χ1n) is 29.5. The highest BCUT2D eigenvalue weighted by atomic mass is 16.6. The van der Waals surface area contributed by atoms with Crippen LogP contribution in [0.3, 0.4) is 0 Å². The molecule has 0 aliphatic heterocycles. The highest BCUT2D eigenvalue weighted by Gasteiger charge is 2.19. The molecular weight excluding hydrogens is 889 g/mol. The third-order valence-corrected chi connectivity index (χ3v) is 12.2. The van der Waals surface area contributed by atoms with Crippen LogP contribution in [-0.2, 0) is 28.6 Å². The second kappa shape index (κ2) is 59.4. The van der Waals surface area contributed by atoms with E-state index in [1.165, 1.54) is 64.2 Å². The van der Waals surface area contributed by atoms with Crippen LogP contribution in [0.25, 0.3) is 0 Å². The number of carbonyl (C=O) groups excluding carboxylic acids is 3. The second-order valence-corrected chi connectivity index (χ2v) is 19.2. The van der Waals surface area contributed by atoms with Crippen molar-refractivity contribution < 1.29 is 28.6 Å². The fraction of sp³-hybridized carbons (Fsp3) is 0.652. The monoisotopic (exact) mass is 997 g/mol. The zero-order chi connectivity index (χ0) is 52.2. The minimum atomic E-state index is -0.806. The van der Waals surface area contributed by atoms with E-state index in [0.29, 0.717) is 19.3 Å². The summed E-state index contributed by atoms with van der Waals surface area (Å²) in [5, 5.41) is 0. The van der Waals surface area contributed by atoms with Gasteiger partial charge in [0, 0.05) is 19.3 Å². The molecule has 0 aromatic rings. The third kappa shape index (κ3) is 56.7. The van der Waals surface area contributed by atoms with Gasteiger partial charge in [-0.1, -0.05) is 232 Å². The minimum Gasteiger partial charge on any atom is -0.462 e. The molecule has 0 saturated carbocycles. The van der Waals surface area contributed by atoms with Crippen molar-refractivity contribution in [2.45, 2.75) is 264 Å². The lowest BCUT2D eigenvalue weighted by Gasteiger charge is -2.18. The van der Waals surface area contributed by atoms with Gasteiger partial charge in [0.25, 0.3) is 0 Å². The standard InChI is InChI=1S/C66H108O6/c1-4-7-10-13-16-19-22-25-27-29-30-31-32-33-34-35-36-37-39-41-44-47-50-53-56-59-65(68)71-62-63(61-70-64(67)58-55-52-49-46-43-40-24-21-18-15-12-9-6-3)72-66(69)60-57-54-51-48-45-42-38-28-26-23-20-17-14-11-8-5-2/h7,10,12,15-16,19,21,24-25,27-28,30-31,33-34,36-38,41,44,63H,4-6,8-9,11,13-14,17-18,20,22-23,26,29,32,35,39-40,42-43,45-62H2,1-3H3/b10-7-,15-12-,19-16-,24-21-,27-25-,31-30-,34-33-,37-36-,38-28-,44-41-. The molecule has 6 heteroatoms. The number of ether oxygens (including phenoxy) is 3. The molecule has 0 N–H and O–H groups in total. The largest absolute Gasteiger partial charge is 0.462 e. The van der Waals surface area contributed by atoms with Crippen LogP contribution in [0.4, 0.5) is 0 Å². The molecule has 0 radical (unpaired) electrons. The SMILES string of the molecule is CC/C=C\C/C=C\C/C=C\C/C=C\C/C=C\C/C=C\C/C=C\CCCCCC(=O)OCC(COC(=O)CCCCCCC/C=C\C/C=C\CCC)OC(=O)CCCCCCC/C=C\CCCCCCCCC. The highest BCUT2D eigenvalue weighted by molar-refractivity contribution is 5.71. The van der Waals surface area contributed by atoms with Crippen LogP contribution in [0.2, 0.25) is 0 Å². The van der Waals surface area contributed by atoms with Crippen molar-refractivity contribution in [1.29, 1.82) is 0 Å². The van der Waals surface area contributed by atoms with E-state index >= 15 is 0 Å². The normalized spacial score (nSPS) is 13.0. The van der Waals surface area contributed by atoms with Crippen LogP contribution in [0.1, 0.15) is 258 Å². The Kier molecular flexibility index (Phi) is 55.9. The topological polar surface area (TPSA) is 78.9 Å². The Hall–Kier alpha value is -4.19. The Morgan fingerprint density at radius 1 is 0.292 bits per heavy atom. The average Bonchev–Trinajstić information content (AvgIpc) is 3.38. The molecule has 0 aromatic heterocycles. The van der Waals surface area contributed by atoms with Crippen LogP contribution >= 0.6 is 0 Å². The van der Waals surface area contributed by atoms with Crippen molar-refractivity contribution in [3.05, 3.63) is 122 Å². The molecule has 0 amide bonds. The molecule has 408 valence electrons. The van der Waals surface area contributed by atoms with Gasteiger partial charge >= 0.3 is 17.9 Å². The third-order valence-electron chi connectivity index (χ3n) is 12.2. The summed E-state index contributed by atoms with van der Waals surface area (Å²) in [6.07, 6.45) is 81.9. The van der Waals surface area contributed by atoms with Crippen molar-refractivity contribution in [2.75, 3.05) is 13.2 Å². The molecule has 72 heavy (non-hydrogen) atoms. The number of rotatable bonds is 52. The van der Waals surface area contributed by atoms with Crippen molar-refractivity contribution >= 4 is 17.9 Å². The van der Waals surface area contributed by atoms with Gasteiger partial charge in [-0.25, -0.2) is 0 Å². The number of esters is 3. The minimum absolute atomic E-state index is 0.102. The summed E-state index contributed by atoms with van der Waals surface area (Å²) in [4.78, 5) is 38.2. The molecule has 0 saturated heterocycles. The van der Waals surface area contributed by atoms with Crippen LogP contribution in [0.15, 0.2) is 122 Å². The van der Waals surface area contributed by atoms with Gasteiger partial charge in [0.1, 0.15) is 13.2 Å². The second-order valence-electron chi connectivity index (χ2n) is 19.2. The first-order valence-corrected chi connectivity index (χ1v) is 29.5. The van der Waals surface area contributed by atoms with Gasteiger partial charge in [0.05, 0.1) is 0 Å². The number of carbonyl (C=O) groups is 3. The summed E-state index contributed by atoms with van der Waals surface area (Å²) in [6.45, 7) is 6.41. The Bertz CT molecular complexity index is 1520. The van der Waals surface area contributed by atoms with E-state index in [1.807, 2.05) is 0 Å². The van der Waals surface area contributed by atoms with Crippen molar-refractivity contribution in [1.82, 2.24) is 0 Å². The molecule has 6 nitrogen and oxygen atoms in total.